The average molecular weight is 401 g/mol. The van der Waals surface area contributed by atoms with Crippen LogP contribution in [0.1, 0.15) is 36.8 Å². The number of hydrogen-bond acceptors (Lipinski definition) is 5. The molecule has 3 rings (SSSR count). The minimum absolute atomic E-state index is 0.00375. The lowest BCUT2D eigenvalue weighted by Crippen LogP contribution is -2.27. The number of nitrogens with one attached hydrogen (secondary N) is 1. The number of benzene rings is 1. The van der Waals surface area contributed by atoms with Gasteiger partial charge in [-0.1, -0.05) is 48.5 Å². The van der Waals surface area contributed by atoms with Gasteiger partial charge in [0.1, 0.15) is 0 Å². The van der Waals surface area contributed by atoms with Crippen LogP contribution in [-0.4, -0.2) is 26.4 Å². The number of thiophene rings is 1. The van der Waals surface area contributed by atoms with Crippen molar-refractivity contribution in [3.8, 4) is 11.4 Å². The van der Waals surface area contributed by atoms with Gasteiger partial charge in [0.2, 0.25) is 5.91 Å². The van der Waals surface area contributed by atoms with Gasteiger partial charge in [-0.2, -0.15) is 0 Å². The molecule has 2 aromatic heterocycles. The first-order valence-electron chi connectivity index (χ1n) is 9.04. The van der Waals surface area contributed by atoms with Crippen LogP contribution in [0.25, 0.3) is 11.4 Å². The molecule has 2 heterocycles. The van der Waals surface area contributed by atoms with Gasteiger partial charge in [-0.05, 0) is 37.8 Å². The van der Waals surface area contributed by atoms with Crippen molar-refractivity contribution in [2.45, 2.75) is 44.9 Å². The predicted octanol–water partition coefficient (Wildman–Crippen LogP) is 4.69. The van der Waals surface area contributed by atoms with Crippen molar-refractivity contribution in [3.05, 3.63) is 52.2 Å². The second kappa shape index (κ2) is 9.19. The number of aromatic nitrogens is 3. The van der Waals surface area contributed by atoms with Crippen LogP contribution in [0.4, 0.5) is 0 Å². The third kappa shape index (κ3) is 4.99. The fourth-order valence-electron chi connectivity index (χ4n) is 2.84. The van der Waals surface area contributed by atoms with E-state index in [1.165, 1.54) is 17.3 Å². The SMILES string of the molecule is CCCn1c(SCC(=O)NC(C)c2cccs2)nnc1-c1cccc(C)c1. The summed E-state index contributed by atoms with van der Waals surface area (Å²) in [7, 11) is 0. The Morgan fingerprint density at radius 1 is 1.30 bits per heavy atom. The molecule has 1 aromatic carbocycles. The van der Waals surface area contributed by atoms with Crippen molar-refractivity contribution < 1.29 is 4.79 Å². The fraction of sp³-hybridized carbons (Fsp3) is 0.350. The number of aryl methyl sites for hydroxylation is 1. The molecule has 0 aliphatic heterocycles. The maximum Gasteiger partial charge on any atom is 0.230 e. The average Bonchev–Trinajstić information content (AvgIpc) is 3.31. The molecule has 3 aromatic rings. The second-order valence-electron chi connectivity index (χ2n) is 6.42. The molecule has 1 unspecified atom stereocenters. The summed E-state index contributed by atoms with van der Waals surface area (Å²) < 4.78 is 2.11. The Hall–Kier alpha value is -2.12. The Morgan fingerprint density at radius 3 is 2.85 bits per heavy atom. The summed E-state index contributed by atoms with van der Waals surface area (Å²) in [4.78, 5) is 13.5. The van der Waals surface area contributed by atoms with Crippen LogP contribution in [0.3, 0.4) is 0 Å². The number of carbonyl (C=O) groups excluding carboxylic acids is 1. The standard InChI is InChI=1S/C20H24N4OS2/c1-4-10-24-19(16-8-5-7-14(2)12-16)22-23-20(24)27-13-18(25)21-15(3)17-9-6-11-26-17/h5-9,11-12,15H,4,10,13H2,1-3H3,(H,21,25). The third-order valence-corrected chi connectivity index (χ3v) is 6.14. The molecule has 1 atom stereocenters. The van der Waals surface area contributed by atoms with Crippen LogP contribution >= 0.6 is 23.1 Å². The summed E-state index contributed by atoms with van der Waals surface area (Å²) in [5.41, 5.74) is 2.24. The monoisotopic (exact) mass is 400 g/mol. The van der Waals surface area contributed by atoms with Crippen LogP contribution < -0.4 is 5.32 Å². The lowest BCUT2D eigenvalue weighted by Gasteiger charge is -2.12. The molecule has 0 saturated heterocycles. The first kappa shape index (κ1) is 19.6. The van der Waals surface area contributed by atoms with Crippen molar-refractivity contribution >= 4 is 29.0 Å². The highest BCUT2D eigenvalue weighted by Gasteiger charge is 2.16. The summed E-state index contributed by atoms with van der Waals surface area (Å²) in [6.07, 6.45) is 0.978. The van der Waals surface area contributed by atoms with Crippen molar-refractivity contribution in [3.63, 3.8) is 0 Å². The van der Waals surface area contributed by atoms with Crippen LogP contribution in [0.15, 0.2) is 46.9 Å². The van der Waals surface area contributed by atoms with Gasteiger partial charge >= 0.3 is 0 Å². The summed E-state index contributed by atoms with van der Waals surface area (Å²) in [5.74, 6) is 1.19. The zero-order valence-electron chi connectivity index (χ0n) is 15.8. The predicted molar refractivity (Wildman–Crippen MR) is 112 cm³/mol. The highest BCUT2D eigenvalue weighted by Crippen LogP contribution is 2.25. The summed E-state index contributed by atoms with van der Waals surface area (Å²) in [6.45, 7) is 7.03. The molecule has 5 nitrogen and oxygen atoms in total. The Balaban J connectivity index is 1.68. The quantitative estimate of drug-likeness (QED) is 0.557. The molecule has 1 amide bonds. The summed E-state index contributed by atoms with van der Waals surface area (Å²) >= 11 is 3.09. The number of hydrogen-bond donors (Lipinski definition) is 1. The largest absolute Gasteiger partial charge is 0.348 e. The molecule has 0 saturated carbocycles. The molecule has 0 aliphatic carbocycles. The first-order valence-corrected chi connectivity index (χ1v) is 10.9. The lowest BCUT2D eigenvalue weighted by atomic mass is 10.1. The van der Waals surface area contributed by atoms with Gasteiger partial charge in [-0.3, -0.25) is 4.79 Å². The summed E-state index contributed by atoms with van der Waals surface area (Å²) in [5, 5.41) is 14.6. The second-order valence-corrected chi connectivity index (χ2v) is 8.34. The topological polar surface area (TPSA) is 59.8 Å². The van der Waals surface area contributed by atoms with Gasteiger partial charge in [0.05, 0.1) is 11.8 Å². The number of carbonyl (C=O) groups is 1. The molecule has 27 heavy (non-hydrogen) atoms. The summed E-state index contributed by atoms with van der Waals surface area (Å²) in [6, 6.07) is 12.3. The smallest absolute Gasteiger partial charge is 0.230 e. The molecule has 7 heteroatoms. The van der Waals surface area contributed by atoms with E-state index in [-0.39, 0.29) is 11.9 Å². The van der Waals surface area contributed by atoms with E-state index in [2.05, 4.69) is 46.1 Å². The Bertz CT molecular complexity index is 889. The molecule has 0 bridgehead atoms. The van der Waals surface area contributed by atoms with E-state index in [1.807, 2.05) is 36.6 Å². The number of amides is 1. The fourth-order valence-corrected chi connectivity index (χ4v) is 4.35. The van der Waals surface area contributed by atoms with Crippen molar-refractivity contribution in [1.29, 1.82) is 0 Å². The minimum atomic E-state index is 0.00375. The maximum atomic E-state index is 12.3. The molecule has 142 valence electrons. The molecule has 0 radical (unpaired) electrons. The first-order chi connectivity index (χ1) is 13.1. The van der Waals surface area contributed by atoms with Crippen molar-refractivity contribution in [1.82, 2.24) is 20.1 Å². The van der Waals surface area contributed by atoms with E-state index in [4.69, 9.17) is 0 Å². The normalized spacial score (nSPS) is 12.1. The van der Waals surface area contributed by atoms with E-state index < -0.39 is 0 Å². The van der Waals surface area contributed by atoms with E-state index in [0.717, 1.165) is 34.4 Å². The Kier molecular flexibility index (Phi) is 6.68. The van der Waals surface area contributed by atoms with Gasteiger partial charge in [-0.25, -0.2) is 0 Å². The van der Waals surface area contributed by atoms with Gasteiger partial charge in [0.15, 0.2) is 11.0 Å². The van der Waals surface area contributed by atoms with E-state index in [0.29, 0.717) is 5.75 Å². The van der Waals surface area contributed by atoms with Gasteiger partial charge in [0, 0.05) is 17.0 Å². The zero-order chi connectivity index (χ0) is 19.2. The number of thioether (sulfide) groups is 1. The van der Waals surface area contributed by atoms with E-state index >= 15 is 0 Å². The highest BCUT2D eigenvalue weighted by atomic mass is 32.2. The zero-order valence-corrected chi connectivity index (χ0v) is 17.4. The van der Waals surface area contributed by atoms with Crippen molar-refractivity contribution in [2.75, 3.05) is 5.75 Å². The Morgan fingerprint density at radius 2 is 2.15 bits per heavy atom. The minimum Gasteiger partial charge on any atom is -0.348 e. The Labute approximate surface area is 168 Å². The molecule has 0 fully saturated rings. The molecular formula is C20H24N4OS2. The van der Waals surface area contributed by atoms with Gasteiger partial charge in [0.25, 0.3) is 0 Å². The molecule has 1 N–H and O–H groups in total. The molecule has 0 aliphatic rings. The van der Waals surface area contributed by atoms with Gasteiger partial charge in [-0.15, -0.1) is 21.5 Å². The van der Waals surface area contributed by atoms with Crippen LogP contribution in [0.2, 0.25) is 0 Å². The van der Waals surface area contributed by atoms with Crippen LogP contribution in [0.5, 0.6) is 0 Å². The third-order valence-electron chi connectivity index (χ3n) is 4.12. The lowest BCUT2D eigenvalue weighted by molar-refractivity contribution is -0.119. The maximum absolute atomic E-state index is 12.3. The molecular weight excluding hydrogens is 376 g/mol. The highest BCUT2D eigenvalue weighted by molar-refractivity contribution is 7.99. The number of rotatable bonds is 8. The van der Waals surface area contributed by atoms with Gasteiger partial charge < -0.3 is 9.88 Å². The number of nitrogens with zero attached hydrogens (tertiary/aromatic N) is 3. The van der Waals surface area contributed by atoms with E-state index in [9.17, 15) is 4.79 Å². The van der Waals surface area contributed by atoms with Crippen LogP contribution in [0, 0.1) is 6.92 Å². The van der Waals surface area contributed by atoms with Crippen LogP contribution in [-0.2, 0) is 11.3 Å². The molecule has 0 spiro atoms. The van der Waals surface area contributed by atoms with Crippen molar-refractivity contribution in [2.24, 2.45) is 0 Å². The van der Waals surface area contributed by atoms with E-state index in [1.54, 1.807) is 11.3 Å².